The highest BCUT2D eigenvalue weighted by Crippen LogP contribution is 2.22. The number of imidazole rings is 1. The summed E-state index contributed by atoms with van der Waals surface area (Å²) in [6, 6.07) is 12.9. The molecule has 0 aliphatic rings. The van der Waals surface area contributed by atoms with Crippen LogP contribution in [0.1, 0.15) is 0 Å². The van der Waals surface area contributed by atoms with E-state index in [0.717, 1.165) is 22.7 Å². The first-order chi connectivity index (χ1) is 12.7. The lowest BCUT2D eigenvalue weighted by Crippen LogP contribution is -2.19. The summed E-state index contributed by atoms with van der Waals surface area (Å²) in [6.45, 7) is 0. The summed E-state index contributed by atoms with van der Waals surface area (Å²) in [4.78, 5) is 16.4. The maximum atomic E-state index is 12.0. The van der Waals surface area contributed by atoms with Gasteiger partial charge in [0.05, 0.1) is 24.7 Å². The standard InChI is InChI=1S/C18H15N5O2S/c1-25-14-4-2-3-12(9-14)15-5-6-17-20-16(10-23(17)22-15)21-18(24)19-13-7-8-26-11-13/h2-11H,1H3,(H2,19,21,24). The minimum Gasteiger partial charge on any atom is -0.497 e. The smallest absolute Gasteiger partial charge is 0.324 e. The Bertz CT molecular complexity index is 1060. The highest BCUT2D eigenvalue weighted by atomic mass is 32.1. The minimum absolute atomic E-state index is 0.347. The molecule has 3 heterocycles. The number of hydrogen-bond donors (Lipinski definition) is 2. The number of methoxy groups -OCH3 is 1. The molecule has 7 nitrogen and oxygen atoms in total. The van der Waals surface area contributed by atoms with E-state index in [9.17, 15) is 4.79 Å². The number of carbonyl (C=O) groups is 1. The molecule has 0 radical (unpaired) electrons. The Kier molecular flexibility index (Phi) is 4.24. The van der Waals surface area contributed by atoms with Crippen molar-refractivity contribution in [1.29, 1.82) is 0 Å². The Balaban J connectivity index is 1.56. The lowest BCUT2D eigenvalue weighted by atomic mass is 10.1. The first-order valence-corrected chi connectivity index (χ1v) is 8.76. The molecule has 0 fully saturated rings. The number of nitrogens with zero attached hydrogens (tertiary/aromatic N) is 3. The van der Waals surface area contributed by atoms with Gasteiger partial charge in [-0.3, -0.25) is 5.32 Å². The number of aromatic nitrogens is 3. The monoisotopic (exact) mass is 365 g/mol. The fourth-order valence-electron chi connectivity index (χ4n) is 2.49. The highest BCUT2D eigenvalue weighted by Gasteiger charge is 2.09. The van der Waals surface area contributed by atoms with Crippen molar-refractivity contribution in [3.8, 4) is 17.0 Å². The van der Waals surface area contributed by atoms with E-state index >= 15 is 0 Å². The zero-order valence-electron chi connectivity index (χ0n) is 13.8. The summed E-state index contributed by atoms with van der Waals surface area (Å²) in [6.07, 6.45) is 1.67. The van der Waals surface area contributed by atoms with E-state index in [1.807, 2.05) is 53.2 Å². The second kappa shape index (κ2) is 6.85. The first-order valence-electron chi connectivity index (χ1n) is 7.82. The molecule has 1 aromatic carbocycles. The molecule has 26 heavy (non-hydrogen) atoms. The zero-order valence-corrected chi connectivity index (χ0v) is 14.7. The molecular weight excluding hydrogens is 350 g/mol. The van der Waals surface area contributed by atoms with Gasteiger partial charge in [0.2, 0.25) is 0 Å². The summed E-state index contributed by atoms with van der Waals surface area (Å²) < 4.78 is 6.89. The fraction of sp³-hybridized carbons (Fsp3) is 0.0556. The van der Waals surface area contributed by atoms with Crippen LogP contribution < -0.4 is 15.4 Å². The van der Waals surface area contributed by atoms with Gasteiger partial charge in [0, 0.05) is 10.9 Å². The predicted octanol–water partition coefficient (Wildman–Crippen LogP) is 4.11. The van der Waals surface area contributed by atoms with Crippen molar-refractivity contribution in [3.05, 3.63) is 59.4 Å². The van der Waals surface area contributed by atoms with Gasteiger partial charge < -0.3 is 10.1 Å². The normalized spacial score (nSPS) is 10.7. The van der Waals surface area contributed by atoms with Crippen molar-refractivity contribution in [1.82, 2.24) is 14.6 Å². The third kappa shape index (κ3) is 3.35. The van der Waals surface area contributed by atoms with Gasteiger partial charge >= 0.3 is 6.03 Å². The summed E-state index contributed by atoms with van der Waals surface area (Å²) in [5.41, 5.74) is 3.10. The van der Waals surface area contributed by atoms with Gasteiger partial charge in [-0.1, -0.05) is 12.1 Å². The van der Waals surface area contributed by atoms with Crippen LogP contribution in [0.4, 0.5) is 16.3 Å². The molecule has 0 aliphatic heterocycles. The molecule has 0 atom stereocenters. The molecule has 0 spiro atoms. The third-order valence-corrected chi connectivity index (χ3v) is 4.39. The molecule has 0 aliphatic carbocycles. The molecule has 0 saturated heterocycles. The quantitative estimate of drug-likeness (QED) is 0.570. The van der Waals surface area contributed by atoms with Crippen molar-refractivity contribution in [2.75, 3.05) is 17.7 Å². The van der Waals surface area contributed by atoms with E-state index in [2.05, 4.69) is 20.7 Å². The zero-order chi connectivity index (χ0) is 17.9. The number of hydrogen-bond acceptors (Lipinski definition) is 5. The molecule has 2 N–H and O–H groups in total. The molecular formula is C18H15N5O2S. The molecule has 8 heteroatoms. The largest absolute Gasteiger partial charge is 0.497 e. The van der Waals surface area contributed by atoms with Gasteiger partial charge in [-0.05, 0) is 35.7 Å². The third-order valence-electron chi connectivity index (χ3n) is 3.71. The van der Waals surface area contributed by atoms with E-state index in [-0.39, 0.29) is 6.03 Å². The number of rotatable bonds is 4. The number of carbonyl (C=O) groups excluding carboxylic acids is 1. The summed E-state index contributed by atoms with van der Waals surface area (Å²) in [5, 5.41) is 13.8. The fourth-order valence-corrected chi connectivity index (χ4v) is 3.08. The first kappa shape index (κ1) is 16.1. The van der Waals surface area contributed by atoms with Crippen molar-refractivity contribution < 1.29 is 9.53 Å². The average Bonchev–Trinajstić information content (AvgIpc) is 3.30. The Labute approximate surface area is 153 Å². The number of amides is 2. The van der Waals surface area contributed by atoms with Crippen LogP contribution in [0.25, 0.3) is 16.9 Å². The van der Waals surface area contributed by atoms with Crippen molar-refractivity contribution in [2.45, 2.75) is 0 Å². The van der Waals surface area contributed by atoms with Crippen LogP contribution in [-0.4, -0.2) is 27.7 Å². The summed E-state index contributed by atoms with van der Waals surface area (Å²) in [7, 11) is 1.63. The predicted molar refractivity (Wildman–Crippen MR) is 102 cm³/mol. The second-order valence-electron chi connectivity index (χ2n) is 5.47. The topological polar surface area (TPSA) is 80.5 Å². The van der Waals surface area contributed by atoms with Gasteiger partial charge in [0.15, 0.2) is 11.5 Å². The molecule has 0 bridgehead atoms. The Morgan fingerprint density at radius 3 is 2.92 bits per heavy atom. The number of anilines is 2. The molecule has 4 aromatic rings. The number of thiophene rings is 1. The van der Waals surface area contributed by atoms with E-state index in [1.54, 1.807) is 17.8 Å². The SMILES string of the molecule is COc1cccc(-c2ccc3nc(NC(=O)Nc4ccsc4)cn3n2)c1. The van der Waals surface area contributed by atoms with Crippen LogP contribution in [0.15, 0.2) is 59.4 Å². The Hall–Kier alpha value is -3.39. The van der Waals surface area contributed by atoms with Crippen molar-refractivity contribution in [2.24, 2.45) is 0 Å². The molecule has 0 saturated carbocycles. The lowest BCUT2D eigenvalue weighted by molar-refractivity contribution is 0.262. The summed E-state index contributed by atoms with van der Waals surface area (Å²) >= 11 is 1.51. The van der Waals surface area contributed by atoms with Gasteiger partial charge in [0.25, 0.3) is 0 Å². The Morgan fingerprint density at radius 2 is 2.12 bits per heavy atom. The number of ether oxygens (including phenoxy) is 1. The van der Waals surface area contributed by atoms with Gasteiger partial charge in [-0.2, -0.15) is 16.4 Å². The number of urea groups is 1. The van der Waals surface area contributed by atoms with Crippen LogP contribution >= 0.6 is 11.3 Å². The van der Waals surface area contributed by atoms with Crippen LogP contribution in [0.5, 0.6) is 5.75 Å². The molecule has 3 aromatic heterocycles. The highest BCUT2D eigenvalue weighted by molar-refractivity contribution is 7.08. The van der Waals surface area contributed by atoms with Crippen LogP contribution in [0, 0.1) is 0 Å². The van der Waals surface area contributed by atoms with Crippen molar-refractivity contribution >= 4 is 34.5 Å². The molecule has 130 valence electrons. The number of nitrogens with one attached hydrogen (secondary N) is 2. The van der Waals surface area contributed by atoms with Crippen molar-refractivity contribution in [3.63, 3.8) is 0 Å². The van der Waals surface area contributed by atoms with Crippen LogP contribution in [0.2, 0.25) is 0 Å². The Morgan fingerprint density at radius 1 is 1.19 bits per heavy atom. The van der Waals surface area contributed by atoms with Crippen LogP contribution in [-0.2, 0) is 0 Å². The maximum absolute atomic E-state index is 12.0. The lowest BCUT2D eigenvalue weighted by Gasteiger charge is -2.04. The summed E-state index contributed by atoms with van der Waals surface area (Å²) in [5.74, 6) is 1.19. The van der Waals surface area contributed by atoms with Gasteiger partial charge in [-0.15, -0.1) is 0 Å². The molecule has 0 unspecified atom stereocenters. The van der Waals surface area contributed by atoms with E-state index < -0.39 is 0 Å². The number of benzene rings is 1. The number of fused-ring (bicyclic) bond motifs is 1. The minimum atomic E-state index is -0.347. The second-order valence-corrected chi connectivity index (χ2v) is 6.25. The average molecular weight is 365 g/mol. The van der Waals surface area contributed by atoms with Gasteiger partial charge in [0.1, 0.15) is 5.75 Å². The maximum Gasteiger partial charge on any atom is 0.324 e. The van der Waals surface area contributed by atoms with E-state index in [0.29, 0.717) is 11.5 Å². The van der Waals surface area contributed by atoms with E-state index in [4.69, 9.17) is 4.74 Å². The molecule has 4 rings (SSSR count). The van der Waals surface area contributed by atoms with E-state index in [1.165, 1.54) is 11.3 Å². The van der Waals surface area contributed by atoms with Gasteiger partial charge in [-0.25, -0.2) is 14.3 Å². The molecule has 2 amide bonds. The van der Waals surface area contributed by atoms with Crippen LogP contribution in [0.3, 0.4) is 0 Å².